The van der Waals surface area contributed by atoms with Gasteiger partial charge >= 0.3 is 0 Å². The molecule has 0 unspecified atom stereocenters. The number of imidazole rings is 1. The molecule has 2 aliphatic heterocycles. The Morgan fingerprint density at radius 2 is 2.10 bits per heavy atom. The molecule has 1 atom stereocenters. The molecule has 102 valence electrons. The smallest absolute Gasteiger partial charge is 0.256 e. The Bertz CT molecular complexity index is 638. The van der Waals surface area contributed by atoms with Gasteiger partial charge in [0, 0.05) is 13.0 Å². The van der Waals surface area contributed by atoms with Crippen molar-refractivity contribution < 1.29 is 4.79 Å². The fourth-order valence-electron chi connectivity index (χ4n) is 2.87. The molecule has 1 saturated heterocycles. The fraction of sp³-hybridized carbons (Fsp3) is 0.286. The highest BCUT2D eigenvalue weighted by Gasteiger charge is 2.38. The SMILES string of the molecule is O=C1NN(c2ccccc2)CN2Cc3[nH]cnc3C[C@@H]12. The molecule has 0 bridgehead atoms. The van der Waals surface area contributed by atoms with E-state index in [2.05, 4.69) is 20.3 Å². The minimum absolute atomic E-state index is 0.0359. The summed E-state index contributed by atoms with van der Waals surface area (Å²) in [5.74, 6) is 0.0359. The summed E-state index contributed by atoms with van der Waals surface area (Å²) in [6, 6.07) is 9.77. The van der Waals surface area contributed by atoms with Gasteiger partial charge in [0.25, 0.3) is 5.91 Å². The van der Waals surface area contributed by atoms with Crippen LogP contribution in [0.3, 0.4) is 0 Å². The van der Waals surface area contributed by atoms with Crippen molar-refractivity contribution in [2.24, 2.45) is 0 Å². The van der Waals surface area contributed by atoms with Crippen molar-refractivity contribution in [1.29, 1.82) is 0 Å². The molecule has 6 heteroatoms. The Labute approximate surface area is 116 Å². The third kappa shape index (κ3) is 1.77. The van der Waals surface area contributed by atoms with Crippen LogP contribution in [0.2, 0.25) is 0 Å². The van der Waals surface area contributed by atoms with Gasteiger partial charge in [0.1, 0.15) is 0 Å². The lowest BCUT2D eigenvalue weighted by Gasteiger charge is -2.43. The topological polar surface area (TPSA) is 64.3 Å². The summed E-state index contributed by atoms with van der Waals surface area (Å²) in [5.41, 5.74) is 6.09. The molecule has 1 fully saturated rings. The average molecular weight is 269 g/mol. The predicted octanol–water partition coefficient (Wildman–Crippen LogP) is 0.645. The molecular formula is C14H15N5O. The molecule has 1 aromatic carbocycles. The lowest BCUT2D eigenvalue weighted by Crippen LogP contribution is -2.64. The minimum atomic E-state index is -0.120. The largest absolute Gasteiger partial charge is 0.347 e. The molecule has 20 heavy (non-hydrogen) atoms. The van der Waals surface area contributed by atoms with E-state index in [0.717, 1.165) is 23.6 Å². The van der Waals surface area contributed by atoms with E-state index >= 15 is 0 Å². The Hall–Kier alpha value is -2.34. The maximum atomic E-state index is 12.3. The summed E-state index contributed by atoms with van der Waals surface area (Å²) >= 11 is 0. The van der Waals surface area contributed by atoms with Gasteiger partial charge in [-0.25, -0.2) is 4.98 Å². The molecule has 0 aliphatic carbocycles. The number of H-pyrrole nitrogens is 1. The molecule has 0 spiro atoms. The summed E-state index contributed by atoms with van der Waals surface area (Å²) in [7, 11) is 0. The molecule has 4 rings (SSSR count). The summed E-state index contributed by atoms with van der Waals surface area (Å²) in [6.45, 7) is 1.41. The van der Waals surface area contributed by atoms with Crippen molar-refractivity contribution in [2.45, 2.75) is 19.0 Å². The number of carbonyl (C=O) groups is 1. The van der Waals surface area contributed by atoms with E-state index in [0.29, 0.717) is 13.1 Å². The first-order valence-corrected chi connectivity index (χ1v) is 6.69. The molecule has 1 amide bonds. The highest BCUT2D eigenvalue weighted by Crippen LogP contribution is 2.25. The molecule has 0 saturated carbocycles. The number of aromatic amines is 1. The second-order valence-corrected chi connectivity index (χ2v) is 5.18. The number of carbonyl (C=O) groups excluding carboxylic acids is 1. The van der Waals surface area contributed by atoms with E-state index in [9.17, 15) is 4.79 Å². The number of benzene rings is 1. The average Bonchev–Trinajstić information content (AvgIpc) is 2.93. The summed E-state index contributed by atoms with van der Waals surface area (Å²) < 4.78 is 0. The van der Waals surface area contributed by atoms with Crippen molar-refractivity contribution in [3.8, 4) is 0 Å². The number of fused-ring (bicyclic) bond motifs is 2. The zero-order valence-corrected chi connectivity index (χ0v) is 10.9. The predicted molar refractivity (Wildman–Crippen MR) is 73.6 cm³/mol. The first-order chi connectivity index (χ1) is 9.81. The zero-order valence-electron chi connectivity index (χ0n) is 10.9. The highest BCUT2D eigenvalue weighted by atomic mass is 16.2. The van der Waals surface area contributed by atoms with Crippen LogP contribution in [0.1, 0.15) is 11.4 Å². The fourth-order valence-corrected chi connectivity index (χ4v) is 2.87. The van der Waals surface area contributed by atoms with E-state index in [4.69, 9.17) is 0 Å². The van der Waals surface area contributed by atoms with E-state index in [1.54, 1.807) is 6.33 Å². The van der Waals surface area contributed by atoms with Gasteiger partial charge in [-0.05, 0) is 12.1 Å². The van der Waals surface area contributed by atoms with Crippen LogP contribution in [0.4, 0.5) is 5.69 Å². The Morgan fingerprint density at radius 1 is 1.25 bits per heavy atom. The Kier molecular flexibility index (Phi) is 2.50. The number of hydrogen-bond donors (Lipinski definition) is 2. The van der Waals surface area contributed by atoms with Crippen LogP contribution in [0.25, 0.3) is 0 Å². The first-order valence-electron chi connectivity index (χ1n) is 6.69. The monoisotopic (exact) mass is 269 g/mol. The van der Waals surface area contributed by atoms with Gasteiger partial charge in [0.15, 0.2) is 0 Å². The number of hydrogen-bond acceptors (Lipinski definition) is 4. The zero-order chi connectivity index (χ0) is 13.5. The quantitative estimate of drug-likeness (QED) is 0.797. The first kappa shape index (κ1) is 11.5. The highest BCUT2D eigenvalue weighted by molar-refractivity contribution is 5.85. The van der Waals surface area contributed by atoms with E-state index in [-0.39, 0.29) is 11.9 Å². The van der Waals surface area contributed by atoms with Crippen LogP contribution in [0, 0.1) is 0 Å². The number of anilines is 1. The molecule has 2 aliphatic rings. The molecule has 2 aromatic rings. The standard InChI is InChI=1S/C14H15N5O/c20-14-13-6-11-12(16-8-15-11)7-18(13)9-19(17-14)10-4-2-1-3-5-10/h1-5,8,13H,6-7,9H2,(H,15,16)(H,17,20)/t13-/m0/s1. The Morgan fingerprint density at radius 3 is 2.95 bits per heavy atom. The number of nitrogens with zero attached hydrogens (tertiary/aromatic N) is 3. The lowest BCUT2D eigenvalue weighted by molar-refractivity contribution is -0.130. The number of amides is 1. The summed E-state index contributed by atoms with van der Waals surface area (Å²) in [4.78, 5) is 21.9. The van der Waals surface area contributed by atoms with Crippen molar-refractivity contribution >= 4 is 11.6 Å². The number of rotatable bonds is 1. The number of para-hydroxylation sites is 1. The summed E-state index contributed by atoms with van der Waals surface area (Å²) in [6.07, 6.45) is 2.38. The maximum Gasteiger partial charge on any atom is 0.256 e. The van der Waals surface area contributed by atoms with E-state index in [1.165, 1.54) is 0 Å². The number of nitrogens with one attached hydrogen (secondary N) is 2. The van der Waals surface area contributed by atoms with Crippen molar-refractivity contribution in [3.05, 3.63) is 48.0 Å². The lowest BCUT2D eigenvalue weighted by atomic mass is 10.0. The van der Waals surface area contributed by atoms with Crippen LogP contribution >= 0.6 is 0 Å². The minimum Gasteiger partial charge on any atom is -0.347 e. The van der Waals surface area contributed by atoms with Crippen LogP contribution in [0.5, 0.6) is 0 Å². The Balaban J connectivity index is 1.62. The van der Waals surface area contributed by atoms with E-state index < -0.39 is 0 Å². The molecule has 6 nitrogen and oxygen atoms in total. The van der Waals surface area contributed by atoms with Crippen molar-refractivity contribution in [1.82, 2.24) is 20.3 Å². The number of aromatic nitrogens is 2. The molecular weight excluding hydrogens is 254 g/mol. The van der Waals surface area contributed by atoms with Crippen molar-refractivity contribution in [2.75, 3.05) is 11.7 Å². The maximum absolute atomic E-state index is 12.3. The normalized spacial score (nSPS) is 22.1. The van der Waals surface area contributed by atoms with Gasteiger partial charge in [0.05, 0.1) is 36.1 Å². The van der Waals surface area contributed by atoms with Crippen LogP contribution in [-0.4, -0.2) is 33.5 Å². The third-order valence-electron chi connectivity index (χ3n) is 3.93. The van der Waals surface area contributed by atoms with Crippen molar-refractivity contribution in [3.63, 3.8) is 0 Å². The summed E-state index contributed by atoms with van der Waals surface area (Å²) in [5, 5.41) is 1.89. The second-order valence-electron chi connectivity index (χ2n) is 5.18. The molecule has 0 radical (unpaired) electrons. The van der Waals surface area contributed by atoms with Gasteiger partial charge < -0.3 is 4.98 Å². The number of hydrazine groups is 1. The third-order valence-corrected chi connectivity index (χ3v) is 3.93. The molecule has 1 aromatic heterocycles. The van der Waals surface area contributed by atoms with Gasteiger partial charge in [-0.3, -0.25) is 20.1 Å². The van der Waals surface area contributed by atoms with Crippen LogP contribution in [0.15, 0.2) is 36.7 Å². The van der Waals surface area contributed by atoms with Gasteiger partial charge in [0.2, 0.25) is 0 Å². The van der Waals surface area contributed by atoms with Crippen LogP contribution < -0.4 is 10.4 Å². The van der Waals surface area contributed by atoms with Crippen LogP contribution in [-0.2, 0) is 17.8 Å². The van der Waals surface area contributed by atoms with Gasteiger partial charge in [-0.1, -0.05) is 18.2 Å². The molecule has 3 heterocycles. The second kappa shape index (κ2) is 4.35. The van der Waals surface area contributed by atoms with Gasteiger partial charge in [-0.15, -0.1) is 0 Å². The van der Waals surface area contributed by atoms with E-state index in [1.807, 2.05) is 35.3 Å². The molecule has 2 N–H and O–H groups in total. The van der Waals surface area contributed by atoms with Gasteiger partial charge in [-0.2, -0.15) is 0 Å².